The van der Waals surface area contributed by atoms with E-state index in [0.29, 0.717) is 23.5 Å². The van der Waals surface area contributed by atoms with E-state index in [2.05, 4.69) is 6.92 Å². The second-order valence-corrected chi connectivity index (χ2v) is 11.1. The quantitative estimate of drug-likeness (QED) is 0.185. The summed E-state index contributed by atoms with van der Waals surface area (Å²) < 4.78 is 87.4. The largest absolute Gasteiger partial charge is 0.458 e. The first-order valence-electron chi connectivity index (χ1n) is 14.0. The maximum atomic E-state index is 14.9. The van der Waals surface area contributed by atoms with E-state index < -0.39 is 34.6 Å². The number of alkyl halides is 3. The average molecular weight is 539 g/mol. The molecule has 2 unspecified atom stereocenters. The van der Waals surface area contributed by atoms with E-state index in [1.165, 1.54) is 44.1 Å². The van der Waals surface area contributed by atoms with Gasteiger partial charge in [-0.05, 0) is 98.6 Å². The lowest BCUT2D eigenvalue weighted by molar-refractivity contribution is -0.0696. The zero-order chi connectivity index (χ0) is 27.3. The molecule has 1 saturated heterocycles. The molecular weight excluding hydrogens is 502 g/mol. The minimum Gasteiger partial charge on any atom is -0.378 e. The third-order valence-electron chi connectivity index (χ3n) is 8.33. The third-order valence-corrected chi connectivity index (χ3v) is 8.33. The van der Waals surface area contributed by atoms with Gasteiger partial charge in [0.2, 0.25) is 0 Å². The molecule has 0 amide bonds. The molecule has 0 N–H and O–H groups in total. The maximum absolute atomic E-state index is 14.9. The zero-order valence-electron chi connectivity index (χ0n) is 21.9. The molecule has 0 aromatic heterocycles. The van der Waals surface area contributed by atoms with Crippen LogP contribution in [0.2, 0.25) is 0 Å². The molecule has 2 aromatic rings. The first kappa shape index (κ1) is 28.8. The van der Waals surface area contributed by atoms with Crippen molar-refractivity contribution in [1.82, 2.24) is 0 Å². The summed E-state index contributed by atoms with van der Waals surface area (Å²) in [5.74, 6) is 0.157. The van der Waals surface area contributed by atoms with Crippen molar-refractivity contribution in [2.75, 3.05) is 6.61 Å². The predicted octanol–water partition coefficient (Wildman–Crippen LogP) is 9.60. The Morgan fingerprint density at radius 2 is 1.58 bits per heavy atom. The molecule has 1 saturated carbocycles. The minimum atomic E-state index is -4.91. The summed E-state index contributed by atoms with van der Waals surface area (Å²) in [6.45, 7) is 3.11. The fraction of sp³-hybridized carbons (Fsp3) is 0.613. The standard InChI is InChI=1S/C31H36F6O/c1-2-3-4-5-21-9-13-25(38-19-21)12-8-20-6-10-22(11-7-20)23-16-24-18-27(32)26(14-15-31(35,36)37)30(34)29(24)28(33)17-23/h16-18,20-22,25H,2-13,19H2,1H3. The van der Waals surface area contributed by atoms with Gasteiger partial charge in [0.25, 0.3) is 0 Å². The number of ether oxygens (including phenoxy) is 1. The molecule has 0 spiro atoms. The molecule has 2 atom stereocenters. The first-order chi connectivity index (χ1) is 18.1. The highest BCUT2D eigenvalue weighted by Crippen LogP contribution is 2.40. The molecule has 2 aliphatic rings. The van der Waals surface area contributed by atoms with Crippen LogP contribution in [0.15, 0.2) is 18.2 Å². The Morgan fingerprint density at radius 3 is 2.24 bits per heavy atom. The Bertz CT molecular complexity index is 1150. The van der Waals surface area contributed by atoms with Crippen LogP contribution in [0.1, 0.15) is 101 Å². The molecule has 4 rings (SSSR count). The lowest BCUT2D eigenvalue weighted by atomic mass is 9.76. The van der Waals surface area contributed by atoms with Gasteiger partial charge in [0.15, 0.2) is 5.82 Å². The summed E-state index contributed by atoms with van der Waals surface area (Å²) >= 11 is 0. The first-order valence-corrected chi connectivity index (χ1v) is 14.0. The third kappa shape index (κ3) is 7.46. The molecule has 0 bridgehead atoms. The smallest absolute Gasteiger partial charge is 0.378 e. The van der Waals surface area contributed by atoms with Crippen LogP contribution in [0.5, 0.6) is 0 Å². The van der Waals surface area contributed by atoms with Gasteiger partial charge < -0.3 is 4.74 Å². The number of hydrogen-bond acceptors (Lipinski definition) is 1. The Kier molecular flexibility index (Phi) is 9.68. The molecule has 0 radical (unpaired) electrons. The number of rotatable bonds is 8. The SMILES string of the molecule is CCCCCC1CCC(CCC2CCC(c3cc(F)c4c(F)c(C#CC(F)(F)F)c(F)cc4c3)CC2)OC1. The van der Waals surface area contributed by atoms with Gasteiger partial charge in [-0.1, -0.05) is 38.2 Å². The molecule has 1 aliphatic heterocycles. The Hall–Kier alpha value is -2.20. The summed E-state index contributed by atoms with van der Waals surface area (Å²) in [5, 5.41) is -0.535. The highest BCUT2D eigenvalue weighted by atomic mass is 19.4. The van der Waals surface area contributed by atoms with Crippen molar-refractivity contribution < 1.29 is 31.1 Å². The summed E-state index contributed by atoms with van der Waals surface area (Å²) in [5.41, 5.74) is -0.401. The van der Waals surface area contributed by atoms with Crippen LogP contribution in [-0.4, -0.2) is 18.9 Å². The van der Waals surface area contributed by atoms with Crippen LogP contribution in [0.3, 0.4) is 0 Å². The molecule has 2 aromatic carbocycles. The maximum Gasteiger partial charge on any atom is 0.458 e. The van der Waals surface area contributed by atoms with Gasteiger partial charge in [-0.3, -0.25) is 0 Å². The Labute approximate surface area is 221 Å². The van der Waals surface area contributed by atoms with Gasteiger partial charge in [-0.25, -0.2) is 13.2 Å². The molecule has 1 heterocycles. The molecule has 1 aliphatic carbocycles. The van der Waals surface area contributed by atoms with Gasteiger partial charge in [-0.15, -0.1) is 0 Å². The molecule has 208 valence electrons. The Morgan fingerprint density at radius 1 is 0.842 bits per heavy atom. The number of benzene rings is 2. The predicted molar refractivity (Wildman–Crippen MR) is 137 cm³/mol. The van der Waals surface area contributed by atoms with Gasteiger partial charge >= 0.3 is 6.18 Å². The van der Waals surface area contributed by atoms with Crippen molar-refractivity contribution in [2.24, 2.45) is 11.8 Å². The summed E-state index contributed by atoms with van der Waals surface area (Å²) in [7, 11) is 0. The molecule has 1 nitrogen and oxygen atoms in total. The lowest BCUT2D eigenvalue weighted by Crippen LogP contribution is -2.26. The fourth-order valence-electron chi connectivity index (χ4n) is 6.12. The summed E-state index contributed by atoms with van der Waals surface area (Å²) in [6, 6.07) is 3.67. The van der Waals surface area contributed by atoms with E-state index in [-0.39, 0.29) is 11.3 Å². The highest BCUT2D eigenvalue weighted by molar-refractivity contribution is 5.86. The number of halogens is 6. The average Bonchev–Trinajstić information content (AvgIpc) is 2.87. The minimum absolute atomic E-state index is 0.00266. The summed E-state index contributed by atoms with van der Waals surface area (Å²) in [4.78, 5) is 0. The second-order valence-electron chi connectivity index (χ2n) is 11.1. The van der Waals surface area contributed by atoms with Crippen molar-refractivity contribution in [3.05, 3.63) is 46.8 Å². The topological polar surface area (TPSA) is 9.23 Å². The van der Waals surface area contributed by atoms with Crippen LogP contribution in [-0.2, 0) is 4.74 Å². The second kappa shape index (κ2) is 12.8. The van der Waals surface area contributed by atoms with Gasteiger partial charge in [0.05, 0.1) is 17.1 Å². The van der Waals surface area contributed by atoms with E-state index in [1.807, 2.05) is 0 Å². The van der Waals surface area contributed by atoms with E-state index in [9.17, 15) is 26.3 Å². The van der Waals surface area contributed by atoms with Crippen LogP contribution < -0.4 is 0 Å². The van der Waals surface area contributed by atoms with Crippen molar-refractivity contribution in [1.29, 1.82) is 0 Å². The van der Waals surface area contributed by atoms with Crippen LogP contribution in [0.4, 0.5) is 26.3 Å². The van der Waals surface area contributed by atoms with E-state index in [1.54, 1.807) is 6.07 Å². The molecule has 38 heavy (non-hydrogen) atoms. The zero-order valence-corrected chi connectivity index (χ0v) is 21.9. The fourth-order valence-corrected chi connectivity index (χ4v) is 6.12. The van der Waals surface area contributed by atoms with Crippen LogP contribution in [0.25, 0.3) is 10.8 Å². The van der Waals surface area contributed by atoms with Gasteiger partial charge in [0.1, 0.15) is 11.6 Å². The molecule has 2 fully saturated rings. The van der Waals surface area contributed by atoms with Crippen molar-refractivity contribution >= 4 is 10.8 Å². The van der Waals surface area contributed by atoms with E-state index >= 15 is 0 Å². The lowest BCUT2D eigenvalue weighted by Gasteiger charge is -2.32. The van der Waals surface area contributed by atoms with Gasteiger partial charge in [0, 0.05) is 12.5 Å². The monoisotopic (exact) mass is 538 g/mol. The van der Waals surface area contributed by atoms with E-state index in [0.717, 1.165) is 63.5 Å². The van der Waals surface area contributed by atoms with E-state index in [4.69, 9.17) is 4.74 Å². The van der Waals surface area contributed by atoms with Crippen molar-refractivity contribution in [3.8, 4) is 11.8 Å². The van der Waals surface area contributed by atoms with Crippen molar-refractivity contribution in [3.63, 3.8) is 0 Å². The number of hydrogen-bond donors (Lipinski definition) is 0. The molecule has 7 heteroatoms. The van der Waals surface area contributed by atoms with Gasteiger partial charge in [-0.2, -0.15) is 13.2 Å². The highest BCUT2D eigenvalue weighted by Gasteiger charge is 2.27. The van der Waals surface area contributed by atoms with Crippen molar-refractivity contribution in [2.45, 2.75) is 102 Å². The van der Waals surface area contributed by atoms with Crippen LogP contribution in [0, 0.1) is 41.1 Å². The number of unbranched alkanes of at least 4 members (excludes halogenated alkanes) is 2. The summed E-state index contributed by atoms with van der Waals surface area (Å²) in [6.07, 6.45) is 8.86. The molecular formula is C31H36F6O. The van der Waals surface area contributed by atoms with Crippen LogP contribution >= 0.6 is 0 Å². The normalized spacial score (nSPS) is 24.3. The number of fused-ring (bicyclic) bond motifs is 1. The Balaban J connectivity index is 1.32.